The standard InChI is InChI=1S/C12H18BrN3/c1-9-6-16(7-10(2)15-9)8-12-4-3-11(13)5-14-12/h3-5,9-10,15H,6-8H2,1-2H3. The number of nitrogens with zero attached hydrogens (tertiary/aromatic N) is 2. The Bertz CT molecular complexity index is 329. The van der Waals surface area contributed by atoms with Crippen molar-refractivity contribution in [3.05, 3.63) is 28.5 Å². The molecule has 1 aromatic rings. The summed E-state index contributed by atoms with van der Waals surface area (Å²) in [4.78, 5) is 6.87. The van der Waals surface area contributed by atoms with E-state index in [1.54, 1.807) is 0 Å². The average Bonchev–Trinajstić information content (AvgIpc) is 2.20. The monoisotopic (exact) mass is 283 g/mol. The van der Waals surface area contributed by atoms with E-state index < -0.39 is 0 Å². The highest BCUT2D eigenvalue weighted by molar-refractivity contribution is 9.10. The Hall–Kier alpha value is -0.450. The molecule has 3 nitrogen and oxygen atoms in total. The second kappa shape index (κ2) is 5.25. The van der Waals surface area contributed by atoms with Crippen molar-refractivity contribution in [1.29, 1.82) is 0 Å². The van der Waals surface area contributed by atoms with Crippen molar-refractivity contribution in [1.82, 2.24) is 15.2 Å². The molecular weight excluding hydrogens is 266 g/mol. The van der Waals surface area contributed by atoms with Crippen LogP contribution in [-0.4, -0.2) is 35.1 Å². The Morgan fingerprint density at radius 1 is 1.38 bits per heavy atom. The highest BCUT2D eigenvalue weighted by Crippen LogP contribution is 2.11. The maximum Gasteiger partial charge on any atom is 0.0544 e. The molecule has 0 aliphatic carbocycles. The van der Waals surface area contributed by atoms with Gasteiger partial charge in [0.15, 0.2) is 0 Å². The highest BCUT2D eigenvalue weighted by Gasteiger charge is 2.20. The third kappa shape index (κ3) is 3.27. The van der Waals surface area contributed by atoms with E-state index in [9.17, 15) is 0 Å². The van der Waals surface area contributed by atoms with Crippen LogP contribution in [0.15, 0.2) is 22.8 Å². The zero-order chi connectivity index (χ0) is 11.5. The molecule has 0 saturated carbocycles. The first-order valence-corrected chi connectivity index (χ1v) is 6.51. The Morgan fingerprint density at radius 3 is 2.62 bits per heavy atom. The quantitative estimate of drug-likeness (QED) is 0.900. The van der Waals surface area contributed by atoms with Gasteiger partial charge in [-0.15, -0.1) is 0 Å². The molecule has 1 aliphatic rings. The van der Waals surface area contributed by atoms with E-state index in [1.807, 2.05) is 6.20 Å². The predicted molar refractivity (Wildman–Crippen MR) is 69.3 cm³/mol. The van der Waals surface area contributed by atoms with E-state index >= 15 is 0 Å². The van der Waals surface area contributed by atoms with Crippen LogP contribution in [-0.2, 0) is 6.54 Å². The predicted octanol–water partition coefficient (Wildman–Crippen LogP) is 2.03. The van der Waals surface area contributed by atoms with Gasteiger partial charge in [0.1, 0.15) is 0 Å². The molecule has 0 radical (unpaired) electrons. The van der Waals surface area contributed by atoms with Gasteiger partial charge in [-0.25, -0.2) is 0 Å². The van der Waals surface area contributed by atoms with Crippen molar-refractivity contribution in [2.75, 3.05) is 13.1 Å². The van der Waals surface area contributed by atoms with Gasteiger partial charge in [-0.2, -0.15) is 0 Å². The molecule has 88 valence electrons. The third-order valence-corrected chi connectivity index (χ3v) is 3.28. The summed E-state index contributed by atoms with van der Waals surface area (Å²) in [7, 11) is 0. The first-order chi connectivity index (χ1) is 7.63. The van der Waals surface area contributed by atoms with Gasteiger partial charge >= 0.3 is 0 Å². The largest absolute Gasteiger partial charge is 0.309 e. The summed E-state index contributed by atoms with van der Waals surface area (Å²) in [6, 6.07) is 5.28. The molecule has 1 aliphatic heterocycles. The third-order valence-electron chi connectivity index (χ3n) is 2.81. The number of aromatic nitrogens is 1. The maximum absolute atomic E-state index is 4.41. The van der Waals surface area contributed by atoms with Crippen LogP contribution in [0.2, 0.25) is 0 Å². The zero-order valence-corrected chi connectivity index (χ0v) is 11.4. The molecular formula is C12H18BrN3. The lowest BCUT2D eigenvalue weighted by Gasteiger charge is -2.35. The van der Waals surface area contributed by atoms with Gasteiger partial charge in [0.2, 0.25) is 0 Å². The summed E-state index contributed by atoms with van der Waals surface area (Å²) in [5, 5.41) is 3.53. The summed E-state index contributed by atoms with van der Waals surface area (Å²) < 4.78 is 1.04. The molecule has 2 heterocycles. The topological polar surface area (TPSA) is 28.2 Å². The van der Waals surface area contributed by atoms with Crippen molar-refractivity contribution in [3.63, 3.8) is 0 Å². The molecule has 2 unspecified atom stereocenters. The van der Waals surface area contributed by atoms with Gasteiger partial charge in [-0.3, -0.25) is 9.88 Å². The Balaban J connectivity index is 1.96. The maximum atomic E-state index is 4.41. The van der Waals surface area contributed by atoms with Crippen LogP contribution < -0.4 is 5.32 Å². The van der Waals surface area contributed by atoms with Crippen LogP contribution in [0, 0.1) is 0 Å². The first-order valence-electron chi connectivity index (χ1n) is 5.72. The highest BCUT2D eigenvalue weighted by atomic mass is 79.9. The number of hydrogen-bond donors (Lipinski definition) is 1. The average molecular weight is 284 g/mol. The van der Waals surface area contributed by atoms with Crippen LogP contribution in [0.4, 0.5) is 0 Å². The first kappa shape index (κ1) is 12.0. The van der Waals surface area contributed by atoms with Gasteiger partial charge in [0.05, 0.1) is 5.69 Å². The van der Waals surface area contributed by atoms with E-state index in [2.05, 4.69) is 57.1 Å². The second-order valence-corrected chi connectivity index (χ2v) is 5.55. The fourth-order valence-corrected chi connectivity index (χ4v) is 2.53. The summed E-state index contributed by atoms with van der Waals surface area (Å²) in [6.07, 6.45) is 1.87. The number of nitrogens with one attached hydrogen (secondary N) is 1. The van der Waals surface area contributed by atoms with Crippen LogP contribution in [0.1, 0.15) is 19.5 Å². The molecule has 1 aromatic heterocycles. The number of hydrogen-bond acceptors (Lipinski definition) is 3. The fourth-order valence-electron chi connectivity index (χ4n) is 2.30. The van der Waals surface area contributed by atoms with Gasteiger partial charge in [-0.05, 0) is 41.9 Å². The lowest BCUT2D eigenvalue weighted by atomic mass is 10.1. The molecule has 2 rings (SSSR count). The Morgan fingerprint density at radius 2 is 2.06 bits per heavy atom. The normalized spacial score (nSPS) is 26.9. The van der Waals surface area contributed by atoms with Gasteiger partial charge < -0.3 is 5.32 Å². The van der Waals surface area contributed by atoms with Crippen molar-refractivity contribution < 1.29 is 0 Å². The van der Waals surface area contributed by atoms with E-state index in [0.29, 0.717) is 12.1 Å². The lowest BCUT2D eigenvalue weighted by molar-refractivity contribution is 0.165. The van der Waals surface area contributed by atoms with Crippen LogP contribution >= 0.6 is 15.9 Å². The van der Waals surface area contributed by atoms with Crippen LogP contribution in [0.5, 0.6) is 0 Å². The molecule has 1 fully saturated rings. The SMILES string of the molecule is CC1CN(Cc2ccc(Br)cn2)CC(C)N1. The molecule has 0 bridgehead atoms. The Kier molecular flexibility index (Phi) is 3.95. The molecule has 1 saturated heterocycles. The molecule has 2 atom stereocenters. The smallest absolute Gasteiger partial charge is 0.0544 e. The molecule has 0 aromatic carbocycles. The molecule has 1 N–H and O–H groups in total. The number of halogens is 1. The van der Waals surface area contributed by atoms with Gasteiger partial charge in [0, 0.05) is 42.4 Å². The fraction of sp³-hybridized carbons (Fsp3) is 0.583. The van der Waals surface area contributed by atoms with E-state index in [0.717, 1.165) is 29.8 Å². The minimum Gasteiger partial charge on any atom is -0.309 e. The van der Waals surface area contributed by atoms with Gasteiger partial charge in [0.25, 0.3) is 0 Å². The van der Waals surface area contributed by atoms with Crippen molar-refractivity contribution >= 4 is 15.9 Å². The summed E-state index contributed by atoms with van der Waals surface area (Å²) in [5.41, 5.74) is 1.14. The minimum absolute atomic E-state index is 0.569. The van der Waals surface area contributed by atoms with E-state index in [4.69, 9.17) is 0 Å². The summed E-state index contributed by atoms with van der Waals surface area (Å²) in [5.74, 6) is 0. The van der Waals surface area contributed by atoms with Gasteiger partial charge in [-0.1, -0.05) is 0 Å². The summed E-state index contributed by atoms with van der Waals surface area (Å²) in [6.45, 7) is 7.61. The molecule has 16 heavy (non-hydrogen) atoms. The summed E-state index contributed by atoms with van der Waals surface area (Å²) >= 11 is 3.40. The molecule has 4 heteroatoms. The van der Waals surface area contributed by atoms with Crippen LogP contribution in [0.3, 0.4) is 0 Å². The lowest BCUT2D eigenvalue weighted by Crippen LogP contribution is -2.53. The molecule has 0 spiro atoms. The Labute approximate surface area is 105 Å². The minimum atomic E-state index is 0.569. The van der Waals surface area contributed by atoms with E-state index in [1.165, 1.54) is 0 Å². The van der Waals surface area contributed by atoms with Crippen LogP contribution in [0.25, 0.3) is 0 Å². The second-order valence-electron chi connectivity index (χ2n) is 4.63. The number of pyridine rings is 1. The van der Waals surface area contributed by atoms with Crippen molar-refractivity contribution in [2.24, 2.45) is 0 Å². The molecule has 0 amide bonds. The van der Waals surface area contributed by atoms with E-state index in [-0.39, 0.29) is 0 Å². The van der Waals surface area contributed by atoms with Crippen molar-refractivity contribution in [3.8, 4) is 0 Å². The zero-order valence-electron chi connectivity index (χ0n) is 9.78. The number of piperazine rings is 1. The number of rotatable bonds is 2. The van der Waals surface area contributed by atoms with Crippen molar-refractivity contribution in [2.45, 2.75) is 32.5 Å².